The van der Waals surface area contributed by atoms with Crippen LogP contribution in [0.5, 0.6) is 0 Å². The van der Waals surface area contributed by atoms with Crippen LogP contribution in [-0.2, 0) is 10.0 Å². The molecular formula is C18H20N4O6S. The van der Waals surface area contributed by atoms with Gasteiger partial charge in [-0.05, 0) is 43.3 Å². The minimum absolute atomic E-state index is 0.0128. The molecule has 1 aromatic heterocycles. The number of aliphatic hydroxyl groups excluding tert-OH is 1. The number of carbonyl (C=O) groups is 3. The molecule has 3 amide bonds. The van der Waals surface area contributed by atoms with Crippen LogP contribution < -0.4 is 15.4 Å². The Kier molecular flexibility index (Phi) is 7.39. The number of sulfonamides is 1. The molecule has 0 saturated carbocycles. The van der Waals surface area contributed by atoms with Gasteiger partial charge in [0.15, 0.2) is 0 Å². The fourth-order valence-electron chi connectivity index (χ4n) is 2.21. The van der Waals surface area contributed by atoms with E-state index in [1.165, 1.54) is 36.4 Å². The molecule has 10 nitrogen and oxygen atoms in total. The first-order chi connectivity index (χ1) is 13.8. The van der Waals surface area contributed by atoms with Gasteiger partial charge in [-0.1, -0.05) is 0 Å². The number of benzene rings is 1. The summed E-state index contributed by atoms with van der Waals surface area (Å²) in [4.78, 5) is 39.3. The zero-order valence-electron chi connectivity index (χ0n) is 15.5. The monoisotopic (exact) mass is 420 g/mol. The first-order valence-electron chi connectivity index (χ1n) is 8.59. The highest BCUT2D eigenvalue weighted by Gasteiger charge is 2.20. The quantitative estimate of drug-likeness (QED) is 0.456. The van der Waals surface area contributed by atoms with Crippen LogP contribution in [0.3, 0.4) is 0 Å². The summed E-state index contributed by atoms with van der Waals surface area (Å²) in [7, 11) is -4.17. The summed E-state index contributed by atoms with van der Waals surface area (Å²) in [5.74, 6) is -1.80. The van der Waals surface area contributed by atoms with Crippen molar-refractivity contribution >= 4 is 27.7 Å². The first-order valence-corrected chi connectivity index (χ1v) is 10.1. The van der Waals surface area contributed by atoms with Crippen LogP contribution in [0.2, 0.25) is 0 Å². The third-order valence-corrected chi connectivity index (χ3v) is 4.99. The molecule has 0 aliphatic carbocycles. The standard InChI is InChI=1S/C18H20N4O6S/c1-2-19-16(24)12-3-6-14(7-4-12)29(27,28)22-17(25)13-5-8-15(21-11-13)18(26)20-9-10-23/h3-8,11,23H,2,9-10H2,1H3,(H,19,24)(H,20,26)(H,22,25). The first kappa shape index (κ1) is 22.0. The summed E-state index contributed by atoms with van der Waals surface area (Å²) >= 11 is 0. The molecule has 0 fully saturated rings. The van der Waals surface area contributed by atoms with Gasteiger partial charge in [-0.2, -0.15) is 0 Å². The van der Waals surface area contributed by atoms with Gasteiger partial charge in [0, 0.05) is 24.8 Å². The van der Waals surface area contributed by atoms with E-state index in [1.54, 1.807) is 6.92 Å². The molecule has 0 bridgehead atoms. The van der Waals surface area contributed by atoms with Gasteiger partial charge in [-0.25, -0.2) is 13.1 Å². The molecule has 2 rings (SSSR count). The van der Waals surface area contributed by atoms with Crippen molar-refractivity contribution in [2.24, 2.45) is 0 Å². The van der Waals surface area contributed by atoms with E-state index in [2.05, 4.69) is 15.6 Å². The van der Waals surface area contributed by atoms with Crippen LogP contribution in [0.1, 0.15) is 38.1 Å². The maximum absolute atomic E-state index is 12.4. The average molecular weight is 420 g/mol. The van der Waals surface area contributed by atoms with Gasteiger partial charge < -0.3 is 15.7 Å². The molecule has 1 heterocycles. The molecule has 4 N–H and O–H groups in total. The lowest BCUT2D eigenvalue weighted by Gasteiger charge is -2.08. The van der Waals surface area contributed by atoms with Crippen molar-refractivity contribution in [3.63, 3.8) is 0 Å². The number of amides is 3. The molecule has 0 radical (unpaired) electrons. The van der Waals surface area contributed by atoms with E-state index in [0.29, 0.717) is 6.54 Å². The highest BCUT2D eigenvalue weighted by molar-refractivity contribution is 7.90. The molecular weight excluding hydrogens is 400 g/mol. The van der Waals surface area contributed by atoms with Crippen molar-refractivity contribution in [2.45, 2.75) is 11.8 Å². The Morgan fingerprint density at radius 1 is 0.931 bits per heavy atom. The van der Waals surface area contributed by atoms with Gasteiger partial charge in [0.1, 0.15) is 5.69 Å². The predicted octanol–water partition coefficient (Wildman–Crippen LogP) is -0.328. The largest absolute Gasteiger partial charge is 0.395 e. The second-order valence-electron chi connectivity index (χ2n) is 5.73. The minimum Gasteiger partial charge on any atom is -0.395 e. The van der Waals surface area contributed by atoms with Crippen LogP contribution in [0, 0.1) is 0 Å². The molecule has 154 valence electrons. The van der Waals surface area contributed by atoms with Crippen LogP contribution in [0.15, 0.2) is 47.5 Å². The number of nitrogens with one attached hydrogen (secondary N) is 3. The molecule has 1 aromatic carbocycles. The topological polar surface area (TPSA) is 155 Å². The van der Waals surface area contributed by atoms with Gasteiger partial charge >= 0.3 is 0 Å². The lowest BCUT2D eigenvalue weighted by molar-refractivity contribution is 0.0934. The number of nitrogens with zero attached hydrogens (tertiary/aromatic N) is 1. The Balaban J connectivity index is 2.09. The van der Waals surface area contributed by atoms with E-state index in [9.17, 15) is 22.8 Å². The Morgan fingerprint density at radius 2 is 1.59 bits per heavy atom. The number of aromatic nitrogens is 1. The summed E-state index contributed by atoms with van der Waals surface area (Å²) in [5, 5.41) is 13.7. The molecule has 0 unspecified atom stereocenters. The highest BCUT2D eigenvalue weighted by atomic mass is 32.2. The number of rotatable bonds is 8. The Morgan fingerprint density at radius 3 is 2.14 bits per heavy atom. The van der Waals surface area contributed by atoms with E-state index in [4.69, 9.17) is 5.11 Å². The van der Waals surface area contributed by atoms with Gasteiger partial charge in [0.2, 0.25) is 0 Å². The Labute approximate surface area is 167 Å². The molecule has 29 heavy (non-hydrogen) atoms. The zero-order valence-corrected chi connectivity index (χ0v) is 16.3. The van der Waals surface area contributed by atoms with Crippen LogP contribution in [-0.4, -0.2) is 55.9 Å². The van der Waals surface area contributed by atoms with E-state index in [1.807, 2.05) is 4.72 Å². The summed E-state index contributed by atoms with van der Waals surface area (Å²) in [5.41, 5.74) is 0.237. The molecule has 11 heteroatoms. The summed E-state index contributed by atoms with van der Waals surface area (Å²) in [6, 6.07) is 7.62. The second kappa shape index (κ2) is 9.75. The van der Waals surface area contributed by atoms with E-state index in [0.717, 1.165) is 6.20 Å². The van der Waals surface area contributed by atoms with Gasteiger partial charge in [-0.3, -0.25) is 19.4 Å². The van der Waals surface area contributed by atoms with Crippen molar-refractivity contribution in [3.8, 4) is 0 Å². The molecule has 0 saturated heterocycles. The number of hydrogen-bond acceptors (Lipinski definition) is 7. The fourth-order valence-corrected chi connectivity index (χ4v) is 3.18. The summed E-state index contributed by atoms with van der Waals surface area (Å²) in [6.45, 7) is 2.02. The molecule has 0 atom stereocenters. The van der Waals surface area contributed by atoms with E-state index < -0.39 is 21.8 Å². The third-order valence-electron chi connectivity index (χ3n) is 3.65. The fraction of sp³-hybridized carbons (Fsp3) is 0.222. The molecule has 0 spiro atoms. The SMILES string of the molecule is CCNC(=O)c1ccc(S(=O)(=O)NC(=O)c2ccc(C(=O)NCCO)nc2)cc1. The maximum atomic E-state index is 12.4. The Hall–Kier alpha value is -3.31. The van der Waals surface area contributed by atoms with Crippen LogP contribution >= 0.6 is 0 Å². The number of pyridine rings is 1. The van der Waals surface area contributed by atoms with Gasteiger partial charge in [0.05, 0.1) is 17.1 Å². The van der Waals surface area contributed by atoms with E-state index in [-0.39, 0.29) is 40.8 Å². The predicted molar refractivity (Wildman–Crippen MR) is 103 cm³/mol. The lowest BCUT2D eigenvalue weighted by Crippen LogP contribution is -2.31. The van der Waals surface area contributed by atoms with E-state index >= 15 is 0 Å². The summed E-state index contributed by atoms with van der Waals surface area (Å²) in [6.07, 6.45) is 1.07. The average Bonchev–Trinajstić information content (AvgIpc) is 2.72. The number of carbonyl (C=O) groups excluding carboxylic acids is 3. The van der Waals surface area contributed by atoms with Crippen molar-refractivity contribution in [2.75, 3.05) is 19.7 Å². The molecule has 2 aromatic rings. The highest BCUT2D eigenvalue weighted by Crippen LogP contribution is 2.12. The van der Waals surface area contributed by atoms with Crippen LogP contribution in [0.4, 0.5) is 0 Å². The number of aliphatic hydroxyl groups is 1. The van der Waals surface area contributed by atoms with Crippen LogP contribution in [0.25, 0.3) is 0 Å². The van der Waals surface area contributed by atoms with Crippen molar-refractivity contribution in [1.82, 2.24) is 20.3 Å². The van der Waals surface area contributed by atoms with Gasteiger partial charge in [0.25, 0.3) is 27.7 Å². The molecule has 0 aliphatic rings. The maximum Gasteiger partial charge on any atom is 0.269 e. The number of hydrogen-bond donors (Lipinski definition) is 4. The Bertz CT molecular complexity index is 988. The minimum atomic E-state index is -4.17. The second-order valence-corrected chi connectivity index (χ2v) is 7.41. The van der Waals surface area contributed by atoms with Gasteiger partial charge in [-0.15, -0.1) is 0 Å². The normalized spacial score (nSPS) is 10.8. The van der Waals surface area contributed by atoms with Crippen molar-refractivity contribution in [3.05, 3.63) is 59.4 Å². The van der Waals surface area contributed by atoms with Crippen molar-refractivity contribution < 1.29 is 27.9 Å². The zero-order chi connectivity index (χ0) is 21.4. The van der Waals surface area contributed by atoms with Crippen molar-refractivity contribution in [1.29, 1.82) is 0 Å². The lowest BCUT2D eigenvalue weighted by atomic mass is 10.2. The summed E-state index contributed by atoms with van der Waals surface area (Å²) < 4.78 is 26.7. The third kappa shape index (κ3) is 5.83. The smallest absolute Gasteiger partial charge is 0.269 e. The molecule has 0 aliphatic heterocycles.